The fourth-order valence-electron chi connectivity index (χ4n) is 0.242. The van der Waals surface area contributed by atoms with Crippen LogP contribution in [0.25, 0.3) is 0 Å². The first-order valence-electron chi connectivity index (χ1n) is 2.17. The van der Waals surface area contributed by atoms with E-state index in [1.807, 2.05) is 0 Å². The highest BCUT2D eigenvalue weighted by molar-refractivity contribution is 7.80. The molecule has 0 nitrogen and oxygen atoms in total. The molecule has 0 aliphatic rings. The van der Waals surface area contributed by atoms with Gasteiger partial charge in [0.2, 0.25) is 0 Å². The van der Waals surface area contributed by atoms with Crippen molar-refractivity contribution < 1.29 is 4.39 Å². The Morgan fingerprint density at radius 2 is 2.25 bits per heavy atom. The second-order valence-electron chi connectivity index (χ2n) is 1.32. The van der Waals surface area contributed by atoms with E-state index in [4.69, 9.17) is 0 Å². The van der Waals surface area contributed by atoms with Gasteiger partial charge in [-0.15, -0.1) is 6.58 Å². The molecule has 0 bridgehead atoms. The molecule has 0 saturated carbocycles. The van der Waals surface area contributed by atoms with Crippen molar-refractivity contribution in [1.29, 1.82) is 0 Å². The van der Waals surface area contributed by atoms with Gasteiger partial charge >= 0.3 is 0 Å². The molecule has 0 N–H and O–H groups in total. The van der Waals surface area contributed by atoms with Crippen LogP contribution >= 0.6 is 12.2 Å². The van der Waals surface area contributed by atoms with Gasteiger partial charge in [0.05, 0.1) is 4.86 Å². The predicted octanol–water partition coefficient (Wildman–Crippen LogP) is 2.42. The minimum absolute atomic E-state index is 0.236. The van der Waals surface area contributed by atoms with Gasteiger partial charge < -0.3 is 0 Å². The molecule has 0 aromatic rings. The molecule has 0 spiro atoms. The highest BCUT2D eigenvalue weighted by atomic mass is 32.1. The van der Waals surface area contributed by atoms with E-state index in [1.54, 1.807) is 6.08 Å². The molecule has 0 saturated heterocycles. The number of hydrogen-bond acceptors (Lipinski definition) is 1. The van der Waals surface area contributed by atoms with Gasteiger partial charge in [-0.05, 0) is 0 Å². The number of halogens is 1. The number of hydrogen-bond donors (Lipinski definition) is 0. The molecule has 2 heteroatoms. The van der Waals surface area contributed by atoms with Crippen molar-refractivity contribution in [3.05, 3.63) is 25.1 Å². The average molecular weight is 130 g/mol. The minimum atomic E-state index is -0.528. The number of rotatable bonds is 3. The van der Waals surface area contributed by atoms with Crippen molar-refractivity contribution in [3.8, 4) is 0 Å². The molecule has 0 rings (SSSR count). The van der Waals surface area contributed by atoms with E-state index in [-0.39, 0.29) is 4.86 Å². The highest BCUT2D eigenvalue weighted by Crippen LogP contribution is 2.00. The van der Waals surface area contributed by atoms with Crippen LogP contribution in [-0.4, -0.2) is 4.86 Å². The van der Waals surface area contributed by atoms with Crippen LogP contribution in [0.15, 0.2) is 25.1 Å². The molecule has 0 radical (unpaired) electrons. The van der Waals surface area contributed by atoms with Crippen LogP contribution in [0.1, 0.15) is 6.42 Å². The van der Waals surface area contributed by atoms with Crippen LogP contribution in [0, 0.1) is 0 Å². The summed E-state index contributed by atoms with van der Waals surface area (Å²) in [4.78, 5) is 0.236. The summed E-state index contributed by atoms with van der Waals surface area (Å²) in [6.45, 7) is 6.41. The summed E-state index contributed by atoms with van der Waals surface area (Å²) in [5.41, 5.74) is 0. The quantitative estimate of drug-likeness (QED) is 0.321. The Kier molecular flexibility index (Phi) is 3.28. The third kappa shape index (κ3) is 2.64. The standard InChI is InChI=1S/C6H7FS/c1-3-4-6(8)5(2)7/h3H,1-2,4H2. The Hall–Kier alpha value is -0.500. The smallest absolute Gasteiger partial charge is 0.130 e. The first kappa shape index (κ1) is 7.50. The van der Waals surface area contributed by atoms with Gasteiger partial charge in [-0.25, -0.2) is 4.39 Å². The van der Waals surface area contributed by atoms with E-state index >= 15 is 0 Å². The molecule has 0 aliphatic heterocycles. The maximum absolute atomic E-state index is 11.9. The van der Waals surface area contributed by atoms with Gasteiger partial charge in [0.15, 0.2) is 0 Å². The van der Waals surface area contributed by atoms with E-state index in [0.29, 0.717) is 6.42 Å². The van der Waals surface area contributed by atoms with Crippen molar-refractivity contribution >= 4 is 17.1 Å². The summed E-state index contributed by atoms with van der Waals surface area (Å²) < 4.78 is 11.9. The Morgan fingerprint density at radius 3 is 2.38 bits per heavy atom. The molecular formula is C6H7FS. The number of allylic oxidation sites excluding steroid dienone is 2. The van der Waals surface area contributed by atoms with Crippen molar-refractivity contribution in [3.63, 3.8) is 0 Å². The molecule has 0 heterocycles. The Bertz CT molecular complexity index is 126. The van der Waals surface area contributed by atoms with Crippen molar-refractivity contribution in [1.82, 2.24) is 0 Å². The summed E-state index contributed by atoms with van der Waals surface area (Å²) in [5.74, 6) is -0.528. The highest BCUT2D eigenvalue weighted by Gasteiger charge is 1.94. The van der Waals surface area contributed by atoms with Gasteiger partial charge in [0.25, 0.3) is 0 Å². The van der Waals surface area contributed by atoms with Gasteiger partial charge in [0.1, 0.15) is 5.83 Å². The first-order valence-corrected chi connectivity index (χ1v) is 2.57. The zero-order valence-corrected chi connectivity index (χ0v) is 5.30. The van der Waals surface area contributed by atoms with Gasteiger partial charge in [-0.1, -0.05) is 24.9 Å². The molecule has 0 fully saturated rings. The molecule has 0 atom stereocenters. The zero-order chi connectivity index (χ0) is 6.57. The largest absolute Gasteiger partial charge is 0.206 e. The predicted molar refractivity (Wildman–Crippen MR) is 37.7 cm³/mol. The fourth-order valence-corrected chi connectivity index (χ4v) is 0.360. The van der Waals surface area contributed by atoms with E-state index < -0.39 is 5.83 Å². The lowest BCUT2D eigenvalue weighted by Gasteiger charge is -1.89. The Labute approximate surface area is 53.7 Å². The lowest BCUT2D eigenvalue weighted by Crippen LogP contribution is -1.89. The fraction of sp³-hybridized carbons (Fsp3) is 0.167. The van der Waals surface area contributed by atoms with Gasteiger partial charge in [0, 0.05) is 6.42 Å². The number of thiocarbonyl (C=S) groups is 1. The zero-order valence-electron chi connectivity index (χ0n) is 4.48. The van der Waals surface area contributed by atoms with E-state index in [2.05, 4.69) is 25.4 Å². The van der Waals surface area contributed by atoms with Gasteiger partial charge in [-0.2, -0.15) is 0 Å². The van der Waals surface area contributed by atoms with Crippen molar-refractivity contribution in [2.75, 3.05) is 0 Å². The van der Waals surface area contributed by atoms with Crippen LogP contribution in [0.3, 0.4) is 0 Å². The third-order valence-corrected chi connectivity index (χ3v) is 1.02. The van der Waals surface area contributed by atoms with E-state index in [1.165, 1.54) is 0 Å². The summed E-state index contributed by atoms with van der Waals surface area (Å²) in [6.07, 6.45) is 1.96. The minimum Gasteiger partial charge on any atom is -0.206 e. The molecular weight excluding hydrogens is 123 g/mol. The van der Waals surface area contributed by atoms with E-state index in [9.17, 15) is 4.39 Å². The summed E-state index contributed by atoms with van der Waals surface area (Å²) in [5, 5.41) is 0. The van der Waals surface area contributed by atoms with Crippen molar-refractivity contribution in [2.45, 2.75) is 6.42 Å². The topological polar surface area (TPSA) is 0 Å². The van der Waals surface area contributed by atoms with Gasteiger partial charge in [-0.3, -0.25) is 0 Å². The third-order valence-electron chi connectivity index (χ3n) is 0.632. The second kappa shape index (κ2) is 3.50. The molecule has 0 aromatic carbocycles. The lowest BCUT2D eigenvalue weighted by atomic mass is 10.3. The van der Waals surface area contributed by atoms with Crippen LogP contribution in [0.2, 0.25) is 0 Å². The molecule has 0 aliphatic carbocycles. The summed E-state index contributed by atoms with van der Waals surface area (Å²) in [6, 6.07) is 0. The first-order chi connectivity index (χ1) is 3.68. The van der Waals surface area contributed by atoms with Crippen LogP contribution < -0.4 is 0 Å². The molecule has 0 amide bonds. The average Bonchev–Trinajstić information content (AvgIpc) is 1.67. The van der Waals surface area contributed by atoms with Crippen LogP contribution in [-0.2, 0) is 0 Å². The monoisotopic (exact) mass is 130 g/mol. The maximum atomic E-state index is 11.9. The SMILES string of the molecule is C=CCC(=S)C(=C)F. The molecule has 44 valence electrons. The molecule has 0 aromatic heterocycles. The summed E-state index contributed by atoms with van der Waals surface area (Å²) >= 11 is 4.53. The second-order valence-corrected chi connectivity index (χ2v) is 1.81. The molecule has 0 unspecified atom stereocenters. The van der Waals surface area contributed by atoms with E-state index in [0.717, 1.165) is 0 Å². The Morgan fingerprint density at radius 1 is 1.75 bits per heavy atom. The normalized spacial score (nSPS) is 8.12. The van der Waals surface area contributed by atoms with Crippen LogP contribution in [0.4, 0.5) is 4.39 Å². The Balaban J connectivity index is 3.65. The summed E-state index contributed by atoms with van der Waals surface area (Å²) in [7, 11) is 0. The van der Waals surface area contributed by atoms with Crippen LogP contribution in [0.5, 0.6) is 0 Å². The van der Waals surface area contributed by atoms with Crippen molar-refractivity contribution in [2.24, 2.45) is 0 Å². The maximum Gasteiger partial charge on any atom is 0.130 e. The molecule has 8 heavy (non-hydrogen) atoms. The lowest BCUT2D eigenvalue weighted by molar-refractivity contribution is 0.686.